The van der Waals surface area contributed by atoms with E-state index in [9.17, 15) is 0 Å². The van der Waals surface area contributed by atoms with Crippen LogP contribution in [0.3, 0.4) is 0 Å². The van der Waals surface area contributed by atoms with Crippen LogP contribution in [0.5, 0.6) is 0 Å². The molecular weight excluding hydrogens is 230 g/mol. The van der Waals surface area contributed by atoms with Crippen LogP contribution in [0.25, 0.3) is 11.0 Å². The summed E-state index contributed by atoms with van der Waals surface area (Å²) < 4.78 is 1.73. The number of imidazole rings is 1. The van der Waals surface area contributed by atoms with Crippen molar-refractivity contribution < 1.29 is 0 Å². The highest BCUT2D eigenvalue weighted by Crippen LogP contribution is 2.17. The van der Waals surface area contributed by atoms with Gasteiger partial charge in [0.15, 0.2) is 5.65 Å². The number of nitrogens with zero attached hydrogens (tertiary/aromatic N) is 5. The molecule has 3 heterocycles. The van der Waals surface area contributed by atoms with E-state index in [0.717, 1.165) is 35.5 Å². The van der Waals surface area contributed by atoms with Gasteiger partial charge >= 0.3 is 0 Å². The van der Waals surface area contributed by atoms with Crippen LogP contribution in [0.2, 0.25) is 0 Å². The quantitative estimate of drug-likeness (QED) is 0.706. The molecule has 3 aromatic heterocycles. The fourth-order valence-corrected chi connectivity index (χ4v) is 1.84. The van der Waals surface area contributed by atoms with E-state index in [-0.39, 0.29) is 0 Å². The normalized spacial score (nSPS) is 10.9. The highest BCUT2D eigenvalue weighted by molar-refractivity contribution is 5.85. The first kappa shape index (κ1) is 10.7. The van der Waals surface area contributed by atoms with E-state index in [0.29, 0.717) is 0 Å². The van der Waals surface area contributed by atoms with Crippen LogP contribution < -0.4 is 5.32 Å². The lowest BCUT2D eigenvalue weighted by Crippen LogP contribution is -2.07. The van der Waals surface area contributed by atoms with Crippen LogP contribution in [0, 0.1) is 0 Å². The zero-order chi connectivity index (χ0) is 12.4. The van der Waals surface area contributed by atoms with E-state index in [1.807, 2.05) is 13.2 Å². The second-order valence-corrected chi connectivity index (χ2v) is 3.98. The van der Waals surface area contributed by atoms with Gasteiger partial charge in [-0.05, 0) is 0 Å². The number of hydrogen-bond acceptors (Lipinski definition) is 5. The van der Waals surface area contributed by atoms with Gasteiger partial charge < -0.3 is 10.3 Å². The molecule has 0 bridgehead atoms. The summed E-state index contributed by atoms with van der Waals surface area (Å²) in [6.45, 7) is 0.781. The first-order chi connectivity index (χ1) is 8.84. The van der Waals surface area contributed by atoms with E-state index >= 15 is 0 Å². The van der Waals surface area contributed by atoms with Gasteiger partial charge in [0.05, 0.1) is 17.9 Å². The highest BCUT2D eigenvalue weighted by Gasteiger charge is 2.06. The first-order valence-electron chi connectivity index (χ1n) is 5.68. The van der Waals surface area contributed by atoms with Gasteiger partial charge in [-0.25, -0.2) is 15.0 Å². The summed E-state index contributed by atoms with van der Waals surface area (Å²) in [5.74, 6) is 0.813. The van der Waals surface area contributed by atoms with E-state index in [2.05, 4.69) is 30.4 Å². The van der Waals surface area contributed by atoms with Gasteiger partial charge in [-0.2, -0.15) is 5.10 Å². The maximum atomic E-state index is 4.24. The number of H-pyrrole nitrogens is 1. The molecule has 0 fully saturated rings. The summed E-state index contributed by atoms with van der Waals surface area (Å²) in [4.78, 5) is 15.5. The van der Waals surface area contributed by atoms with E-state index in [1.54, 1.807) is 23.5 Å². The van der Waals surface area contributed by atoms with Crippen molar-refractivity contribution in [3.63, 3.8) is 0 Å². The third kappa shape index (κ3) is 1.90. The molecule has 3 aromatic rings. The van der Waals surface area contributed by atoms with Gasteiger partial charge in [-0.1, -0.05) is 0 Å². The molecule has 0 saturated heterocycles. The molecule has 0 spiro atoms. The predicted molar refractivity (Wildman–Crippen MR) is 67.1 cm³/mol. The lowest BCUT2D eigenvalue weighted by Gasteiger charge is -2.05. The van der Waals surface area contributed by atoms with Crippen molar-refractivity contribution in [3.05, 3.63) is 30.7 Å². The minimum Gasteiger partial charge on any atom is -0.369 e. The van der Waals surface area contributed by atoms with Crippen LogP contribution in [-0.2, 0) is 13.5 Å². The number of anilines is 1. The van der Waals surface area contributed by atoms with Crippen molar-refractivity contribution >= 4 is 16.9 Å². The van der Waals surface area contributed by atoms with Gasteiger partial charge in [-0.15, -0.1) is 0 Å². The fourth-order valence-electron chi connectivity index (χ4n) is 1.84. The molecule has 7 heteroatoms. The Hall–Kier alpha value is -2.44. The Kier molecular flexibility index (Phi) is 2.64. The lowest BCUT2D eigenvalue weighted by atomic mass is 10.3. The van der Waals surface area contributed by atoms with Crippen LogP contribution in [0.4, 0.5) is 5.82 Å². The lowest BCUT2D eigenvalue weighted by molar-refractivity contribution is 0.785. The number of fused-ring (bicyclic) bond motifs is 1. The molecule has 3 rings (SSSR count). The molecule has 0 amide bonds. The van der Waals surface area contributed by atoms with Crippen molar-refractivity contribution in [1.29, 1.82) is 0 Å². The van der Waals surface area contributed by atoms with Crippen molar-refractivity contribution in [1.82, 2.24) is 29.7 Å². The van der Waals surface area contributed by atoms with Crippen molar-refractivity contribution in [3.8, 4) is 0 Å². The Bertz CT molecular complexity index is 641. The zero-order valence-corrected chi connectivity index (χ0v) is 9.96. The molecule has 2 N–H and O–H groups in total. The Morgan fingerprint density at radius 2 is 2.28 bits per heavy atom. The smallest absolute Gasteiger partial charge is 0.163 e. The van der Waals surface area contributed by atoms with Gasteiger partial charge in [0.1, 0.15) is 12.1 Å². The van der Waals surface area contributed by atoms with Crippen molar-refractivity contribution in [2.75, 3.05) is 11.9 Å². The van der Waals surface area contributed by atoms with Gasteiger partial charge in [0.25, 0.3) is 0 Å². The van der Waals surface area contributed by atoms with Gasteiger partial charge in [0, 0.05) is 31.9 Å². The fraction of sp³-hybridized carbons (Fsp3) is 0.273. The Morgan fingerprint density at radius 3 is 3.11 bits per heavy atom. The molecule has 0 radical (unpaired) electrons. The van der Waals surface area contributed by atoms with E-state index < -0.39 is 0 Å². The number of rotatable bonds is 4. The van der Waals surface area contributed by atoms with Crippen LogP contribution in [0.1, 0.15) is 5.69 Å². The topological polar surface area (TPSA) is 84.3 Å². The SMILES string of the molecule is Cn1ncc2c(NCCc3cnc[nH]3)ncnc21. The molecular formula is C11H13N7. The molecule has 0 aliphatic carbocycles. The predicted octanol–water partition coefficient (Wildman–Crippen LogP) is 0.741. The molecule has 0 aliphatic heterocycles. The highest BCUT2D eigenvalue weighted by atomic mass is 15.3. The molecule has 92 valence electrons. The number of aromatic amines is 1. The molecule has 0 saturated carbocycles. The van der Waals surface area contributed by atoms with E-state index in [4.69, 9.17) is 0 Å². The first-order valence-corrected chi connectivity index (χ1v) is 5.68. The Labute approximate surface area is 103 Å². The molecule has 0 aliphatic rings. The Balaban J connectivity index is 1.74. The third-order valence-electron chi connectivity index (χ3n) is 2.77. The minimum absolute atomic E-state index is 0.781. The van der Waals surface area contributed by atoms with E-state index in [1.165, 1.54) is 0 Å². The van der Waals surface area contributed by atoms with Crippen LogP contribution >= 0.6 is 0 Å². The maximum absolute atomic E-state index is 4.24. The van der Waals surface area contributed by atoms with Crippen molar-refractivity contribution in [2.45, 2.75) is 6.42 Å². The summed E-state index contributed by atoms with van der Waals surface area (Å²) in [5.41, 5.74) is 1.92. The summed E-state index contributed by atoms with van der Waals surface area (Å²) >= 11 is 0. The number of nitrogens with one attached hydrogen (secondary N) is 2. The Morgan fingerprint density at radius 1 is 1.33 bits per heavy atom. The van der Waals surface area contributed by atoms with Gasteiger partial charge in [0.2, 0.25) is 0 Å². The number of aryl methyl sites for hydroxylation is 1. The maximum Gasteiger partial charge on any atom is 0.163 e. The molecule has 0 aromatic carbocycles. The van der Waals surface area contributed by atoms with Crippen molar-refractivity contribution in [2.24, 2.45) is 7.05 Å². The summed E-state index contributed by atoms with van der Waals surface area (Å²) in [6, 6.07) is 0. The average molecular weight is 243 g/mol. The second-order valence-electron chi connectivity index (χ2n) is 3.98. The minimum atomic E-state index is 0.781. The second kappa shape index (κ2) is 4.44. The average Bonchev–Trinajstić information content (AvgIpc) is 3.01. The molecule has 18 heavy (non-hydrogen) atoms. The molecule has 0 atom stereocenters. The third-order valence-corrected chi connectivity index (χ3v) is 2.77. The number of hydrogen-bond donors (Lipinski definition) is 2. The summed E-state index contributed by atoms with van der Waals surface area (Å²) in [6.07, 6.45) is 7.68. The zero-order valence-electron chi connectivity index (χ0n) is 9.96. The largest absolute Gasteiger partial charge is 0.369 e. The summed E-state index contributed by atoms with van der Waals surface area (Å²) in [5, 5.41) is 8.39. The summed E-state index contributed by atoms with van der Waals surface area (Å²) in [7, 11) is 1.86. The monoisotopic (exact) mass is 243 g/mol. The van der Waals surface area contributed by atoms with Crippen LogP contribution in [0.15, 0.2) is 25.0 Å². The van der Waals surface area contributed by atoms with Gasteiger partial charge in [-0.3, -0.25) is 4.68 Å². The number of aromatic nitrogens is 6. The molecule has 7 nitrogen and oxygen atoms in total. The standard InChI is InChI=1S/C11H13N7/c1-18-11-9(5-17-18)10(15-7-16-11)13-3-2-8-4-12-6-14-8/h4-7H,2-3H2,1H3,(H,12,14)(H,13,15,16). The van der Waals surface area contributed by atoms with Crippen LogP contribution in [-0.4, -0.2) is 36.3 Å². The molecule has 0 unspecified atom stereocenters.